The molecule has 1 aliphatic rings. The highest BCUT2D eigenvalue weighted by atomic mass is 35.5. The molecule has 0 radical (unpaired) electrons. The Morgan fingerprint density at radius 3 is 2.65 bits per heavy atom. The molecule has 2 aromatic carbocycles. The van der Waals surface area contributed by atoms with E-state index in [0.29, 0.717) is 32.2 Å². The van der Waals surface area contributed by atoms with Crippen LogP contribution >= 0.6 is 11.6 Å². The van der Waals surface area contributed by atoms with Crippen LogP contribution in [-0.4, -0.2) is 35.6 Å². The Balaban J connectivity index is 1.47. The molecular weight excluding hydrogens is 408 g/mol. The third-order valence-electron chi connectivity index (χ3n) is 6.00. The summed E-state index contributed by atoms with van der Waals surface area (Å²) in [5.74, 6) is 0.668. The van der Waals surface area contributed by atoms with Crippen LogP contribution in [0.5, 0.6) is 0 Å². The molecule has 1 aliphatic carbocycles. The molecule has 3 aromatic rings. The summed E-state index contributed by atoms with van der Waals surface area (Å²) in [4.78, 5) is 15.4. The number of nitrogens with zero attached hydrogens (tertiary/aromatic N) is 2. The maximum absolute atomic E-state index is 13.4. The topological polar surface area (TPSA) is 34.5 Å². The molecule has 1 heterocycles. The van der Waals surface area contributed by atoms with Crippen molar-refractivity contribution in [3.63, 3.8) is 0 Å². The van der Waals surface area contributed by atoms with Gasteiger partial charge in [-0.2, -0.15) is 0 Å². The Kier molecular flexibility index (Phi) is 7.10. The zero-order valence-corrected chi connectivity index (χ0v) is 18.7. The van der Waals surface area contributed by atoms with E-state index in [2.05, 4.69) is 29.0 Å². The van der Waals surface area contributed by atoms with E-state index in [0.717, 1.165) is 29.1 Å². The van der Waals surface area contributed by atoms with Crippen molar-refractivity contribution in [3.8, 4) is 0 Å². The van der Waals surface area contributed by atoms with Crippen LogP contribution in [0, 0.1) is 5.92 Å². The second kappa shape index (κ2) is 10.2. The summed E-state index contributed by atoms with van der Waals surface area (Å²) in [5, 5.41) is 0.763. The molecule has 4 nitrogen and oxygen atoms in total. The molecule has 1 aromatic heterocycles. The van der Waals surface area contributed by atoms with Crippen molar-refractivity contribution >= 4 is 17.5 Å². The fourth-order valence-corrected chi connectivity index (χ4v) is 4.39. The summed E-state index contributed by atoms with van der Waals surface area (Å²) in [6.45, 7) is 2.63. The lowest BCUT2D eigenvalue weighted by Crippen LogP contribution is -2.34. The number of hydrogen-bond acceptors (Lipinski definition) is 2. The van der Waals surface area contributed by atoms with Gasteiger partial charge in [0.2, 0.25) is 5.91 Å². The number of carbonyl (C=O) groups is 1. The van der Waals surface area contributed by atoms with Crippen molar-refractivity contribution in [3.05, 3.63) is 94.8 Å². The molecule has 31 heavy (non-hydrogen) atoms. The van der Waals surface area contributed by atoms with Gasteiger partial charge >= 0.3 is 0 Å². The SMILES string of the molecule is COCCCN(Cc1cccn1Cc1ccccc1Cl)C(=O)C1CC1c1ccccc1. The van der Waals surface area contributed by atoms with E-state index in [1.807, 2.05) is 53.4 Å². The van der Waals surface area contributed by atoms with Crippen molar-refractivity contribution in [1.29, 1.82) is 0 Å². The average Bonchev–Trinajstić information content (AvgIpc) is 3.48. The van der Waals surface area contributed by atoms with Gasteiger partial charge in [-0.3, -0.25) is 4.79 Å². The Bertz CT molecular complexity index is 1000. The van der Waals surface area contributed by atoms with Crippen LogP contribution in [0.3, 0.4) is 0 Å². The number of rotatable bonds is 10. The largest absolute Gasteiger partial charge is 0.385 e. The molecular formula is C26H29ClN2O2. The van der Waals surface area contributed by atoms with Gasteiger partial charge in [0.25, 0.3) is 0 Å². The Labute approximate surface area is 189 Å². The second-order valence-electron chi connectivity index (χ2n) is 8.18. The molecule has 0 saturated heterocycles. The van der Waals surface area contributed by atoms with E-state index in [9.17, 15) is 4.79 Å². The third-order valence-corrected chi connectivity index (χ3v) is 6.37. The second-order valence-corrected chi connectivity index (χ2v) is 8.59. The molecule has 1 amide bonds. The van der Waals surface area contributed by atoms with Gasteiger partial charge in [-0.25, -0.2) is 0 Å². The molecule has 0 bridgehead atoms. The van der Waals surface area contributed by atoms with Gasteiger partial charge in [0.1, 0.15) is 0 Å². The minimum absolute atomic E-state index is 0.0805. The summed E-state index contributed by atoms with van der Waals surface area (Å²) in [6, 6.07) is 22.4. The lowest BCUT2D eigenvalue weighted by atomic mass is 10.1. The van der Waals surface area contributed by atoms with Crippen molar-refractivity contribution in [1.82, 2.24) is 9.47 Å². The van der Waals surface area contributed by atoms with E-state index < -0.39 is 0 Å². The number of aromatic nitrogens is 1. The molecule has 4 rings (SSSR count). The standard InChI is InChI=1S/C26H29ClN2O2/c1-31-16-8-15-29(26(30)24-17-23(24)20-9-3-2-4-10-20)19-22-12-7-14-28(22)18-21-11-5-6-13-25(21)27/h2-7,9-14,23-24H,8,15-19H2,1H3. The molecule has 0 aliphatic heterocycles. The third kappa shape index (κ3) is 5.38. The Morgan fingerprint density at radius 2 is 1.87 bits per heavy atom. The highest BCUT2D eigenvalue weighted by molar-refractivity contribution is 6.31. The van der Waals surface area contributed by atoms with Crippen LogP contribution in [0.25, 0.3) is 0 Å². The first-order valence-corrected chi connectivity index (χ1v) is 11.2. The van der Waals surface area contributed by atoms with Crippen LogP contribution in [0.15, 0.2) is 72.9 Å². The van der Waals surface area contributed by atoms with Crippen molar-refractivity contribution in [2.45, 2.75) is 31.8 Å². The minimum atomic E-state index is 0.0805. The first-order chi connectivity index (χ1) is 15.2. The van der Waals surface area contributed by atoms with Crippen molar-refractivity contribution in [2.75, 3.05) is 20.3 Å². The number of methoxy groups -OCH3 is 1. The van der Waals surface area contributed by atoms with Gasteiger partial charge in [0.15, 0.2) is 0 Å². The number of amides is 1. The molecule has 162 valence electrons. The number of carbonyl (C=O) groups excluding carboxylic acids is 1. The first kappa shape index (κ1) is 21.7. The van der Waals surface area contributed by atoms with E-state index >= 15 is 0 Å². The number of benzene rings is 2. The predicted molar refractivity (Wildman–Crippen MR) is 124 cm³/mol. The zero-order valence-electron chi connectivity index (χ0n) is 17.9. The molecule has 5 heteroatoms. The lowest BCUT2D eigenvalue weighted by molar-refractivity contribution is -0.133. The van der Waals surface area contributed by atoms with E-state index in [1.165, 1.54) is 5.56 Å². The summed E-state index contributed by atoms with van der Waals surface area (Å²) >= 11 is 6.37. The molecule has 1 fully saturated rings. The predicted octanol–water partition coefficient (Wildman–Crippen LogP) is 5.36. The van der Waals surface area contributed by atoms with Gasteiger partial charge < -0.3 is 14.2 Å². The lowest BCUT2D eigenvalue weighted by Gasteiger charge is -2.24. The number of halogens is 1. The molecule has 1 saturated carbocycles. The maximum atomic E-state index is 13.4. The van der Waals surface area contributed by atoms with Crippen LogP contribution in [0.2, 0.25) is 5.02 Å². The van der Waals surface area contributed by atoms with Gasteiger partial charge in [-0.1, -0.05) is 60.1 Å². The summed E-state index contributed by atoms with van der Waals surface area (Å²) < 4.78 is 7.41. The molecule has 2 atom stereocenters. The van der Waals surface area contributed by atoms with E-state index in [4.69, 9.17) is 16.3 Å². The summed E-state index contributed by atoms with van der Waals surface area (Å²) in [6.07, 6.45) is 3.82. The smallest absolute Gasteiger partial charge is 0.226 e. The van der Waals surface area contributed by atoms with Crippen LogP contribution in [-0.2, 0) is 22.6 Å². The Hall–Kier alpha value is -2.56. The van der Waals surface area contributed by atoms with Crippen LogP contribution in [0.1, 0.15) is 35.6 Å². The number of ether oxygens (including phenoxy) is 1. The summed E-state index contributed by atoms with van der Waals surface area (Å²) in [7, 11) is 1.70. The van der Waals surface area contributed by atoms with Crippen LogP contribution < -0.4 is 0 Å². The number of hydrogen-bond donors (Lipinski definition) is 0. The van der Waals surface area contributed by atoms with Crippen LogP contribution in [0.4, 0.5) is 0 Å². The molecule has 0 spiro atoms. The Morgan fingerprint density at radius 1 is 1.10 bits per heavy atom. The zero-order chi connectivity index (χ0) is 21.6. The fourth-order valence-electron chi connectivity index (χ4n) is 4.19. The van der Waals surface area contributed by atoms with E-state index in [1.54, 1.807) is 7.11 Å². The highest BCUT2D eigenvalue weighted by Gasteiger charge is 2.45. The maximum Gasteiger partial charge on any atom is 0.226 e. The monoisotopic (exact) mass is 436 g/mol. The van der Waals surface area contributed by atoms with Gasteiger partial charge in [0.05, 0.1) is 6.54 Å². The van der Waals surface area contributed by atoms with Crippen molar-refractivity contribution in [2.24, 2.45) is 5.92 Å². The van der Waals surface area contributed by atoms with Crippen molar-refractivity contribution < 1.29 is 9.53 Å². The van der Waals surface area contributed by atoms with Gasteiger partial charge in [-0.05, 0) is 48.1 Å². The average molecular weight is 437 g/mol. The molecule has 2 unspecified atom stereocenters. The first-order valence-electron chi connectivity index (χ1n) is 10.9. The molecule has 0 N–H and O–H groups in total. The van der Waals surface area contributed by atoms with E-state index in [-0.39, 0.29) is 11.8 Å². The minimum Gasteiger partial charge on any atom is -0.385 e. The van der Waals surface area contributed by atoms with Gasteiger partial charge in [-0.15, -0.1) is 0 Å². The normalized spacial score (nSPS) is 17.5. The fraction of sp³-hybridized carbons (Fsp3) is 0.346. The summed E-state index contributed by atoms with van der Waals surface area (Å²) in [5.41, 5.74) is 3.45. The highest BCUT2D eigenvalue weighted by Crippen LogP contribution is 2.48. The quantitative estimate of drug-likeness (QED) is 0.401. The van der Waals surface area contributed by atoms with Gasteiger partial charge in [0, 0.05) is 49.6 Å².